The summed E-state index contributed by atoms with van der Waals surface area (Å²) in [5.74, 6) is 0.297. The third kappa shape index (κ3) is 3.50. The van der Waals surface area contributed by atoms with Crippen LogP contribution in [0.25, 0.3) is 0 Å². The summed E-state index contributed by atoms with van der Waals surface area (Å²) in [5.41, 5.74) is 2.60. The van der Waals surface area contributed by atoms with E-state index >= 15 is 0 Å². The lowest BCUT2D eigenvalue weighted by Crippen LogP contribution is -2.46. The fourth-order valence-electron chi connectivity index (χ4n) is 3.61. The normalized spacial score (nSPS) is 19.8. The van der Waals surface area contributed by atoms with Crippen LogP contribution in [-0.2, 0) is 9.22 Å². The van der Waals surface area contributed by atoms with Gasteiger partial charge in [-0.05, 0) is 35.9 Å². The minimum Gasteiger partial charge on any atom is -0.548 e. The Hall–Kier alpha value is -0.573. The van der Waals surface area contributed by atoms with Crippen molar-refractivity contribution in [3.8, 4) is 0 Å². The van der Waals surface area contributed by atoms with Gasteiger partial charge < -0.3 is 4.43 Å². The van der Waals surface area contributed by atoms with Crippen LogP contribution in [0.4, 0.5) is 0 Å². The van der Waals surface area contributed by atoms with E-state index in [4.69, 9.17) is 4.43 Å². The number of ketones is 1. The summed E-state index contributed by atoms with van der Waals surface area (Å²) >= 11 is 0. The molecule has 1 saturated carbocycles. The summed E-state index contributed by atoms with van der Waals surface area (Å²) in [6.45, 7) is 13.6. The van der Waals surface area contributed by atoms with Gasteiger partial charge in [0.1, 0.15) is 0 Å². The van der Waals surface area contributed by atoms with E-state index in [1.165, 1.54) is 0 Å². The van der Waals surface area contributed by atoms with E-state index in [2.05, 4.69) is 41.5 Å². The topological polar surface area (TPSA) is 26.3 Å². The van der Waals surface area contributed by atoms with Gasteiger partial charge in [-0.15, -0.1) is 0 Å². The number of rotatable bonds is 5. The molecule has 0 N–H and O–H groups in total. The van der Waals surface area contributed by atoms with Crippen molar-refractivity contribution in [3.05, 3.63) is 11.8 Å². The first kappa shape index (κ1) is 16.5. The average Bonchev–Trinajstić information content (AvgIpc) is 2.30. The summed E-state index contributed by atoms with van der Waals surface area (Å²) in [5, 5.41) is 0. The first-order valence-electron chi connectivity index (χ1n) is 7.72. The Morgan fingerprint density at radius 2 is 1.42 bits per heavy atom. The zero-order valence-corrected chi connectivity index (χ0v) is 14.5. The molecule has 2 nitrogen and oxygen atoms in total. The number of carbonyl (C=O) groups excluding carboxylic acids is 1. The van der Waals surface area contributed by atoms with Gasteiger partial charge >= 0.3 is 0 Å². The molecule has 1 aliphatic carbocycles. The minimum atomic E-state index is -1.87. The van der Waals surface area contributed by atoms with E-state index in [0.29, 0.717) is 28.8 Å². The van der Waals surface area contributed by atoms with Gasteiger partial charge in [0.25, 0.3) is 8.32 Å². The molecule has 0 heterocycles. The van der Waals surface area contributed by atoms with E-state index in [1.54, 1.807) is 0 Å². The van der Waals surface area contributed by atoms with Gasteiger partial charge in [0.05, 0.1) is 6.26 Å². The molecule has 3 heteroatoms. The van der Waals surface area contributed by atoms with Gasteiger partial charge in [0, 0.05) is 12.0 Å². The Bertz CT molecular complexity index is 321. The summed E-state index contributed by atoms with van der Waals surface area (Å²) < 4.78 is 6.38. The molecule has 0 saturated heterocycles. The molecule has 0 bridgehead atoms. The second-order valence-electron chi connectivity index (χ2n) is 6.71. The van der Waals surface area contributed by atoms with Crippen molar-refractivity contribution in [2.45, 2.75) is 83.8 Å². The molecule has 0 aliphatic heterocycles. The first-order valence-corrected chi connectivity index (χ1v) is 9.86. The molecule has 0 unspecified atom stereocenters. The molecule has 1 rings (SSSR count). The van der Waals surface area contributed by atoms with Gasteiger partial charge in [-0.2, -0.15) is 0 Å². The fourth-order valence-corrected chi connectivity index (χ4v) is 8.77. The van der Waals surface area contributed by atoms with Crippen molar-refractivity contribution < 1.29 is 9.22 Å². The zero-order chi connectivity index (χ0) is 14.6. The molecule has 1 aliphatic rings. The second-order valence-corrected chi connectivity index (χ2v) is 12.1. The number of Topliss-reactive ketones (excluding diaryl/α,β-unsaturated/α-hetero) is 1. The predicted molar refractivity (Wildman–Crippen MR) is 83.7 cm³/mol. The highest BCUT2D eigenvalue weighted by Crippen LogP contribution is 2.42. The summed E-state index contributed by atoms with van der Waals surface area (Å²) in [6, 6.07) is 0. The van der Waals surface area contributed by atoms with Crippen molar-refractivity contribution in [2.24, 2.45) is 0 Å². The van der Waals surface area contributed by atoms with Crippen molar-refractivity contribution in [3.63, 3.8) is 0 Å². The average molecular weight is 282 g/mol. The predicted octanol–water partition coefficient (Wildman–Crippen LogP) is 5.21. The quantitative estimate of drug-likeness (QED) is 0.393. The van der Waals surface area contributed by atoms with Crippen molar-refractivity contribution in [1.82, 2.24) is 0 Å². The standard InChI is InChI=1S/C16H30O2Si/c1-12(2)19(13(3)4,14(5)6)18-11-15-9-7-8-10-16(15)17/h11-14H,7-10H2,1-6H3/b15-11+. The molecule has 0 atom stereocenters. The number of hydrogen-bond donors (Lipinski definition) is 0. The highest BCUT2D eigenvalue weighted by Gasteiger charge is 2.46. The van der Waals surface area contributed by atoms with E-state index in [0.717, 1.165) is 24.8 Å². The SMILES string of the molecule is CC(C)[Si](O/C=C1\CCCCC1=O)(C(C)C)C(C)C. The highest BCUT2D eigenvalue weighted by molar-refractivity contribution is 6.77. The molecule has 0 aromatic heterocycles. The largest absolute Gasteiger partial charge is 0.548 e. The molecule has 1 fully saturated rings. The van der Waals surface area contributed by atoms with Gasteiger partial charge in [0.2, 0.25) is 0 Å². The molecule has 0 aromatic carbocycles. The summed E-state index contributed by atoms with van der Waals surface area (Å²) in [7, 11) is -1.87. The van der Waals surface area contributed by atoms with Crippen LogP contribution >= 0.6 is 0 Å². The van der Waals surface area contributed by atoms with Crippen LogP contribution in [0.15, 0.2) is 11.8 Å². The maximum absolute atomic E-state index is 11.9. The smallest absolute Gasteiger partial charge is 0.257 e. The summed E-state index contributed by atoms with van der Waals surface area (Å²) in [4.78, 5) is 11.9. The maximum atomic E-state index is 11.9. The van der Waals surface area contributed by atoms with Crippen molar-refractivity contribution in [2.75, 3.05) is 0 Å². The van der Waals surface area contributed by atoms with Crippen LogP contribution < -0.4 is 0 Å². The molecular weight excluding hydrogens is 252 g/mol. The number of carbonyl (C=O) groups is 1. The van der Waals surface area contributed by atoms with E-state index in [-0.39, 0.29) is 0 Å². The Labute approximate surface area is 119 Å². The van der Waals surface area contributed by atoms with E-state index < -0.39 is 8.32 Å². The van der Waals surface area contributed by atoms with Crippen molar-refractivity contribution in [1.29, 1.82) is 0 Å². The Kier molecular flexibility index (Phi) is 5.84. The van der Waals surface area contributed by atoms with Crippen molar-refractivity contribution >= 4 is 14.1 Å². The maximum Gasteiger partial charge on any atom is 0.257 e. The number of allylic oxidation sites excluding steroid dienone is 1. The zero-order valence-electron chi connectivity index (χ0n) is 13.5. The van der Waals surface area contributed by atoms with Gasteiger partial charge in [-0.25, -0.2) is 0 Å². The highest BCUT2D eigenvalue weighted by atomic mass is 28.4. The lowest BCUT2D eigenvalue weighted by molar-refractivity contribution is -0.116. The molecular formula is C16H30O2Si. The Morgan fingerprint density at radius 1 is 0.947 bits per heavy atom. The van der Waals surface area contributed by atoms with Gasteiger partial charge in [-0.3, -0.25) is 4.79 Å². The van der Waals surface area contributed by atoms with Gasteiger partial charge in [0.15, 0.2) is 5.78 Å². The Morgan fingerprint density at radius 3 is 1.84 bits per heavy atom. The molecule has 0 radical (unpaired) electrons. The molecule has 110 valence electrons. The second kappa shape index (κ2) is 6.73. The van der Waals surface area contributed by atoms with Crippen LogP contribution in [0.5, 0.6) is 0 Å². The van der Waals surface area contributed by atoms with Crippen LogP contribution in [0.3, 0.4) is 0 Å². The lowest BCUT2D eigenvalue weighted by atomic mass is 9.95. The lowest BCUT2D eigenvalue weighted by Gasteiger charge is -2.41. The third-order valence-corrected chi connectivity index (χ3v) is 10.5. The first-order chi connectivity index (χ1) is 8.82. The summed E-state index contributed by atoms with van der Waals surface area (Å²) in [6.07, 6.45) is 5.61. The Balaban J connectivity index is 2.95. The fraction of sp³-hybridized carbons (Fsp3) is 0.812. The monoisotopic (exact) mass is 282 g/mol. The van der Waals surface area contributed by atoms with E-state index in [1.807, 2.05) is 6.26 Å². The van der Waals surface area contributed by atoms with Crippen LogP contribution in [0, 0.1) is 0 Å². The molecule has 0 spiro atoms. The minimum absolute atomic E-state index is 0.297. The third-order valence-electron chi connectivity index (χ3n) is 4.57. The van der Waals surface area contributed by atoms with Gasteiger partial charge in [-0.1, -0.05) is 41.5 Å². The number of hydrogen-bond acceptors (Lipinski definition) is 2. The molecule has 0 aromatic rings. The molecule has 19 heavy (non-hydrogen) atoms. The van der Waals surface area contributed by atoms with Crippen LogP contribution in [-0.4, -0.2) is 14.1 Å². The molecule has 0 amide bonds. The van der Waals surface area contributed by atoms with Crippen LogP contribution in [0.1, 0.15) is 67.2 Å². The van der Waals surface area contributed by atoms with E-state index in [9.17, 15) is 4.79 Å². The van der Waals surface area contributed by atoms with Crippen LogP contribution in [0.2, 0.25) is 16.6 Å².